The van der Waals surface area contributed by atoms with Crippen LogP contribution in [0.15, 0.2) is 23.3 Å². The molecule has 1 unspecified atom stereocenters. The van der Waals surface area contributed by atoms with Gasteiger partial charge in [-0.1, -0.05) is 11.6 Å². The summed E-state index contributed by atoms with van der Waals surface area (Å²) in [5.41, 5.74) is 0.670. The van der Waals surface area contributed by atoms with Gasteiger partial charge >= 0.3 is 0 Å². The maximum Gasteiger partial charge on any atom is 0.293 e. The summed E-state index contributed by atoms with van der Waals surface area (Å²) >= 11 is 11.6. The zero-order valence-corrected chi connectivity index (χ0v) is 12.4. The molecule has 1 aromatic heterocycles. The van der Waals surface area contributed by atoms with Crippen LogP contribution < -0.4 is 4.42 Å². The lowest BCUT2D eigenvalue weighted by molar-refractivity contribution is -0.138. The smallest absolute Gasteiger partial charge is 0.293 e. The Morgan fingerprint density at radius 1 is 1.47 bits per heavy atom. The lowest BCUT2D eigenvalue weighted by Crippen LogP contribution is -2.24. The summed E-state index contributed by atoms with van der Waals surface area (Å²) in [7, 11) is 0. The number of carbonyl (C=O) groups is 1. The quantitative estimate of drug-likeness (QED) is 0.346. The van der Waals surface area contributed by atoms with Crippen molar-refractivity contribution in [2.45, 2.75) is 32.0 Å². The highest BCUT2D eigenvalue weighted by Crippen LogP contribution is 2.27. The van der Waals surface area contributed by atoms with Crippen molar-refractivity contribution in [3.05, 3.63) is 24.0 Å². The molecule has 0 N–H and O–H groups in total. The molecule has 1 atom stereocenters. The van der Waals surface area contributed by atoms with Crippen molar-refractivity contribution in [3.8, 4) is 0 Å². The Balaban J connectivity index is 0.000000224. The number of aliphatic imine (C=N–C) groups is 1. The molecule has 0 amide bonds. The summed E-state index contributed by atoms with van der Waals surface area (Å²) < 4.78 is 5.90. The van der Waals surface area contributed by atoms with Gasteiger partial charge in [-0.15, -0.1) is 0 Å². The minimum atomic E-state index is -0.539. The Morgan fingerprint density at radius 3 is 2.68 bits per heavy atom. The minimum Gasteiger partial charge on any atom is -0.462 e. The number of rotatable bonds is 1. The molecule has 2 heterocycles. The number of nitrogens with zero attached hydrogens (tertiary/aromatic N) is 3. The van der Waals surface area contributed by atoms with E-state index in [1.807, 2.05) is 26.8 Å². The first kappa shape index (κ1) is 15.7. The van der Waals surface area contributed by atoms with E-state index in [0.29, 0.717) is 6.47 Å². The zero-order valence-electron chi connectivity index (χ0n) is 10.9. The fourth-order valence-electron chi connectivity index (χ4n) is 1.14. The number of pyridine rings is 1. The number of ether oxygens (including phenoxy) is 1. The van der Waals surface area contributed by atoms with Crippen LogP contribution in [-0.2, 0) is 9.53 Å². The number of hydrogen-bond donors (Lipinski definition) is 0. The number of fused-ring (bicyclic) bond motifs is 1. The monoisotopic (exact) mass is 303 g/mol. The van der Waals surface area contributed by atoms with Crippen LogP contribution in [0.1, 0.15) is 26.5 Å². The van der Waals surface area contributed by atoms with Gasteiger partial charge in [0.1, 0.15) is 11.3 Å². The van der Waals surface area contributed by atoms with Gasteiger partial charge in [0.25, 0.3) is 6.47 Å². The fraction of sp³-hybridized carbons (Fsp3) is 0.417. The molecule has 0 saturated heterocycles. The molecule has 0 spiro atoms. The second-order valence-electron chi connectivity index (χ2n) is 4.63. The van der Waals surface area contributed by atoms with Crippen LogP contribution in [0.4, 0.5) is 5.69 Å². The SMILES string of the molecule is CC(C)(C)OC=O.ClC1N=Cc2ncccc2N1Cl. The number of anilines is 1. The van der Waals surface area contributed by atoms with Gasteiger partial charge in [-0.05, 0) is 32.9 Å². The molecule has 19 heavy (non-hydrogen) atoms. The Morgan fingerprint density at radius 2 is 2.16 bits per heavy atom. The van der Waals surface area contributed by atoms with Crippen molar-refractivity contribution in [2.75, 3.05) is 4.42 Å². The normalized spacial score (nSPS) is 17.1. The number of aromatic nitrogens is 1. The first-order chi connectivity index (χ1) is 8.85. The van der Waals surface area contributed by atoms with Crippen LogP contribution in [0.5, 0.6) is 0 Å². The summed E-state index contributed by atoms with van der Waals surface area (Å²) in [5.74, 6) is 0. The van der Waals surface area contributed by atoms with Crippen molar-refractivity contribution in [1.29, 1.82) is 0 Å². The van der Waals surface area contributed by atoms with Crippen molar-refractivity contribution >= 4 is 41.8 Å². The largest absolute Gasteiger partial charge is 0.462 e. The zero-order chi connectivity index (χ0) is 14.5. The summed E-state index contributed by atoms with van der Waals surface area (Å²) in [6, 6.07) is 3.65. The minimum absolute atomic E-state index is 0.318. The van der Waals surface area contributed by atoms with E-state index in [2.05, 4.69) is 14.7 Å². The second kappa shape index (κ2) is 6.73. The molecular formula is C12H15Cl2N3O2. The average molecular weight is 304 g/mol. The van der Waals surface area contributed by atoms with Gasteiger partial charge in [0, 0.05) is 18.0 Å². The third-order valence-electron chi connectivity index (χ3n) is 1.95. The van der Waals surface area contributed by atoms with Gasteiger partial charge in [0.05, 0.1) is 11.9 Å². The topological polar surface area (TPSA) is 54.8 Å². The third kappa shape index (κ3) is 5.04. The third-order valence-corrected chi connectivity index (χ3v) is 2.73. The van der Waals surface area contributed by atoms with Gasteiger partial charge < -0.3 is 4.74 Å². The molecule has 0 aromatic carbocycles. The molecule has 0 saturated carbocycles. The molecule has 0 radical (unpaired) electrons. The van der Waals surface area contributed by atoms with Crippen LogP contribution in [0.25, 0.3) is 0 Å². The molecule has 0 bridgehead atoms. The summed E-state index contributed by atoms with van der Waals surface area (Å²) in [6.45, 7) is 5.92. The molecule has 1 aliphatic heterocycles. The van der Waals surface area contributed by atoms with E-state index in [4.69, 9.17) is 23.4 Å². The predicted octanol–water partition coefficient (Wildman–Crippen LogP) is 2.95. The van der Waals surface area contributed by atoms with E-state index in [1.165, 1.54) is 4.42 Å². The Kier molecular flexibility index (Phi) is 5.57. The number of hydrogen-bond acceptors (Lipinski definition) is 5. The Labute approximate surface area is 122 Å². The summed E-state index contributed by atoms with van der Waals surface area (Å²) in [4.78, 5) is 17.6. The van der Waals surface area contributed by atoms with Crippen molar-refractivity contribution in [3.63, 3.8) is 0 Å². The molecule has 1 aromatic rings. The van der Waals surface area contributed by atoms with E-state index < -0.39 is 5.62 Å². The van der Waals surface area contributed by atoms with Gasteiger partial charge in [0.15, 0.2) is 0 Å². The maximum atomic E-state index is 9.60. The molecule has 2 rings (SSSR count). The first-order valence-corrected chi connectivity index (χ1v) is 6.31. The molecule has 1 aliphatic rings. The molecule has 0 fully saturated rings. The van der Waals surface area contributed by atoms with E-state index in [-0.39, 0.29) is 5.60 Å². The van der Waals surface area contributed by atoms with Crippen molar-refractivity contribution < 1.29 is 9.53 Å². The molecule has 5 nitrogen and oxygen atoms in total. The fourth-order valence-corrected chi connectivity index (χ4v) is 1.49. The van der Waals surface area contributed by atoms with Gasteiger partial charge in [0.2, 0.25) is 5.62 Å². The van der Waals surface area contributed by atoms with Gasteiger partial charge in [-0.2, -0.15) is 0 Å². The Bertz CT molecular complexity index is 461. The highest BCUT2D eigenvalue weighted by molar-refractivity contribution is 6.34. The van der Waals surface area contributed by atoms with Crippen molar-refractivity contribution in [1.82, 2.24) is 4.98 Å². The first-order valence-electron chi connectivity index (χ1n) is 5.54. The van der Waals surface area contributed by atoms with Gasteiger partial charge in [-0.25, -0.2) is 9.41 Å². The van der Waals surface area contributed by atoms with Crippen LogP contribution in [0, 0.1) is 0 Å². The van der Waals surface area contributed by atoms with Crippen LogP contribution in [0.3, 0.4) is 0 Å². The van der Waals surface area contributed by atoms with Crippen LogP contribution in [0.2, 0.25) is 0 Å². The highest BCUT2D eigenvalue weighted by Gasteiger charge is 2.19. The van der Waals surface area contributed by atoms with E-state index >= 15 is 0 Å². The maximum absolute atomic E-state index is 9.60. The molecule has 7 heteroatoms. The summed E-state index contributed by atoms with van der Waals surface area (Å²) in [5, 5.41) is 0. The van der Waals surface area contributed by atoms with Crippen LogP contribution >= 0.6 is 23.4 Å². The van der Waals surface area contributed by atoms with Crippen LogP contribution in [-0.4, -0.2) is 28.9 Å². The standard InChI is InChI=1S/C7H5Cl2N3.C5H10O2/c8-7-11-4-5-6(12(7)9)2-1-3-10-5;1-5(2,3)7-4-6/h1-4,7H;4H,1-3H3. The number of alkyl halides is 1. The predicted molar refractivity (Wildman–Crippen MR) is 76.7 cm³/mol. The van der Waals surface area contributed by atoms with E-state index in [1.54, 1.807) is 18.5 Å². The van der Waals surface area contributed by atoms with E-state index in [9.17, 15) is 4.79 Å². The Hall–Kier alpha value is -1.33. The second-order valence-corrected chi connectivity index (χ2v) is 5.39. The number of halogens is 2. The number of carbonyl (C=O) groups excluding carboxylic acids is 1. The lowest BCUT2D eigenvalue weighted by Gasteiger charge is -2.22. The average Bonchev–Trinajstić information content (AvgIpc) is 2.34. The molecule has 0 aliphatic carbocycles. The highest BCUT2D eigenvalue weighted by atomic mass is 35.5. The summed E-state index contributed by atoms with van der Waals surface area (Å²) in [6.07, 6.45) is 3.30. The lowest BCUT2D eigenvalue weighted by atomic mass is 10.2. The van der Waals surface area contributed by atoms with Crippen molar-refractivity contribution in [2.24, 2.45) is 4.99 Å². The van der Waals surface area contributed by atoms with Gasteiger partial charge in [-0.3, -0.25) is 9.78 Å². The van der Waals surface area contributed by atoms with E-state index in [0.717, 1.165) is 11.4 Å². The molecule has 104 valence electrons. The molecular weight excluding hydrogens is 289 g/mol.